The van der Waals surface area contributed by atoms with Gasteiger partial charge < -0.3 is 14.6 Å². The number of nitrogens with zero attached hydrogens (tertiary/aromatic N) is 2. The summed E-state index contributed by atoms with van der Waals surface area (Å²) in [7, 11) is -3.56. The van der Waals surface area contributed by atoms with Gasteiger partial charge in [0.2, 0.25) is 15.5 Å². The summed E-state index contributed by atoms with van der Waals surface area (Å²) >= 11 is 0. The monoisotopic (exact) mass is 497 g/mol. The van der Waals surface area contributed by atoms with Crippen molar-refractivity contribution >= 4 is 38.5 Å². The first-order chi connectivity index (χ1) is 16.8. The Kier molecular flexibility index (Phi) is 7.04. The van der Waals surface area contributed by atoms with Gasteiger partial charge in [-0.05, 0) is 69.2 Å². The summed E-state index contributed by atoms with van der Waals surface area (Å²) < 4.78 is 33.6. The summed E-state index contributed by atoms with van der Waals surface area (Å²) in [6.45, 7) is 5.24. The third kappa shape index (κ3) is 4.85. The molecule has 1 amide bonds. The van der Waals surface area contributed by atoms with Crippen LogP contribution in [0.1, 0.15) is 47.4 Å². The molecule has 2 aromatic carbocycles. The lowest BCUT2D eigenvalue weighted by atomic mass is 10.1. The predicted octanol–water partition coefficient (Wildman–Crippen LogP) is 3.23. The number of carbonyl (C=O) groups excluding carboxylic acids is 2. The number of rotatable bonds is 7. The number of benzene rings is 2. The van der Waals surface area contributed by atoms with Gasteiger partial charge in [0.15, 0.2) is 0 Å². The molecule has 1 saturated heterocycles. The lowest BCUT2D eigenvalue weighted by Gasteiger charge is -2.15. The van der Waals surface area contributed by atoms with Crippen LogP contribution in [0.5, 0.6) is 0 Å². The number of fused-ring (bicyclic) bond motifs is 1. The van der Waals surface area contributed by atoms with E-state index >= 15 is 0 Å². The fourth-order valence-corrected chi connectivity index (χ4v) is 5.67. The number of aryl methyl sites for hydroxylation is 1. The van der Waals surface area contributed by atoms with Crippen LogP contribution in [-0.4, -0.2) is 48.9 Å². The molecule has 2 heterocycles. The van der Waals surface area contributed by atoms with Gasteiger partial charge in [-0.3, -0.25) is 9.59 Å². The van der Waals surface area contributed by atoms with Crippen LogP contribution in [0, 0.1) is 0 Å². The normalized spacial score (nSPS) is 14.2. The summed E-state index contributed by atoms with van der Waals surface area (Å²) in [4.78, 5) is 38.2. The number of carbonyl (C=O) groups is 2. The molecule has 3 aromatic rings. The Morgan fingerprint density at radius 2 is 1.71 bits per heavy atom. The van der Waals surface area contributed by atoms with Gasteiger partial charge in [-0.2, -0.15) is 4.31 Å². The number of hydrogen-bond donors (Lipinski definition) is 1. The number of esters is 1. The van der Waals surface area contributed by atoms with E-state index in [2.05, 4.69) is 5.32 Å². The zero-order valence-corrected chi connectivity index (χ0v) is 20.4. The first-order valence-electron chi connectivity index (χ1n) is 11.5. The zero-order valence-electron chi connectivity index (χ0n) is 19.6. The minimum atomic E-state index is -3.56. The van der Waals surface area contributed by atoms with Gasteiger partial charge in [0, 0.05) is 42.5 Å². The van der Waals surface area contributed by atoms with Crippen molar-refractivity contribution in [1.29, 1.82) is 0 Å². The predicted molar refractivity (Wildman–Crippen MR) is 132 cm³/mol. The summed E-state index contributed by atoms with van der Waals surface area (Å²) in [5, 5.41) is 3.02. The van der Waals surface area contributed by atoms with E-state index in [1.807, 2.05) is 6.92 Å². The molecule has 1 aromatic heterocycles. The van der Waals surface area contributed by atoms with Crippen LogP contribution in [0.4, 0.5) is 5.69 Å². The van der Waals surface area contributed by atoms with Crippen molar-refractivity contribution in [3.63, 3.8) is 0 Å². The van der Waals surface area contributed by atoms with Crippen molar-refractivity contribution in [3.8, 4) is 0 Å². The second-order valence-corrected chi connectivity index (χ2v) is 10.1. The molecule has 4 rings (SSSR count). The number of amides is 1. The molecule has 184 valence electrons. The lowest BCUT2D eigenvalue weighted by molar-refractivity contribution is 0.0524. The number of ether oxygens (including phenoxy) is 1. The lowest BCUT2D eigenvalue weighted by Crippen LogP contribution is -2.27. The van der Waals surface area contributed by atoms with Crippen LogP contribution in [0.3, 0.4) is 0 Å². The fraction of sp³-hybridized carbons (Fsp3) is 0.320. The van der Waals surface area contributed by atoms with E-state index in [4.69, 9.17) is 4.74 Å². The van der Waals surface area contributed by atoms with Crippen LogP contribution < -0.4 is 10.7 Å². The topological polar surface area (TPSA) is 115 Å². The maximum Gasteiger partial charge on any atom is 0.343 e. The summed E-state index contributed by atoms with van der Waals surface area (Å²) in [5.74, 6) is -1.15. The molecule has 35 heavy (non-hydrogen) atoms. The summed E-state index contributed by atoms with van der Waals surface area (Å²) in [6, 6.07) is 10.7. The number of aromatic nitrogens is 1. The highest BCUT2D eigenvalue weighted by Gasteiger charge is 2.27. The number of nitrogens with one attached hydrogen (secondary N) is 1. The van der Waals surface area contributed by atoms with Gasteiger partial charge in [-0.15, -0.1) is 0 Å². The standard InChI is InChI=1S/C25H27N3O6S/c1-3-27-16-21(25(31)34-4-2)23(29)20-15-18(9-12-22(20)27)26-24(30)17-7-10-19(11-8-17)35(32,33)28-13-5-6-14-28/h7-12,15-16H,3-6,13-14H2,1-2H3,(H,26,30). The Balaban J connectivity index is 1.60. The highest BCUT2D eigenvalue weighted by atomic mass is 32.2. The molecule has 0 unspecified atom stereocenters. The molecule has 0 atom stereocenters. The van der Waals surface area contributed by atoms with Crippen molar-refractivity contribution in [2.45, 2.75) is 38.1 Å². The maximum atomic E-state index is 13.0. The van der Waals surface area contributed by atoms with Gasteiger partial charge in [0.1, 0.15) is 5.56 Å². The molecular formula is C25H27N3O6S. The van der Waals surface area contributed by atoms with E-state index in [0.29, 0.717) is 30.8 Å². The number of anilines is 1. The third-order valence-corrected chi connectivity index (χ3v) is 7.91. The summed E-state index contributed by atoms with van der Waals surface area (Å²) in [6.07, 6.45) is 3.17. The van der Waals surface area contributed by atoms with Gasteiger partial charge in [0.05, 0.1) is 17.0 Å². The SMILES string of the molecule is CCOC(=O)c1cn(CC)c2ccc(NC(=O)c3ccc(S(=O)(=O)N4CCCC4)cc3)cc2c1=O. The smallest absolute Gasteiger partial charge is 0.343 e. The van der Waals surface area contributed by atoms with Crippen LogP contribution in [0.2, 0.25) is 0 Å². The first kappa shape index (κ1) is 24.6. The van der Waals surface area contributed by atoms with E-state index in [1.54, 1.807) is 23.6 Å². The van der Waals surface area contributed by atoms with Crippen molar-refractivity contribution < 1.29 is 22.7 Å². The largest absolute Gasteiger partial charge is 0.462 e. The Morgan fingerprint density at radius 3 is 2.34 bits per heavy atom. The molecular weight excluding hydrogens is 470 g/mol. The molecule has 10 heteroatoms. The van der Waals surface area contributed by atoms with E-state index in [0.717, 1.165) is 12.8 Å². The highest BCUT2D eigenvalue weighted by molar-refractivity contribution is 7.89. The van der Waals surface area contributed by atoms with Crippen LogP contribution in [0.15, 0.2) is 58.4 Å². The molecule has 0 bridgehead atoms. The Morgan fingerprint density at radius 1 is 1.03 bits per heavy atom. The highest BCUT2D eigenvalue weighted by Crippen LogP contribution is 2.22. The molecule has 9 nitrogen and oxygen atoms in total. The Bertz CT molecular complexity index is 1440. The van der Waals surface area contributed by atoms with Crippen LogP contribution >= 0.6 is 0 Å². The van der Waals surface area contributed by atoms with Gasteiger partial charge in [0.25, 0.3) is 5.91 Å². The number of pyridine rings is 1. The van der Waals surface area contributed by atoms with Gasteiger partial charge in [-0.1, -0.05) is 0 Å². The van der Waals surface area contributed by atoms with E-state index < -0.39 is 27.3 Å². The van der Waals surface area contributed by atoms with E-state index in [1.165, 1.54) is 40.8 Å². The van der Waals surface area contributed by atoms with Crippen LogP contribution in [0.25, 0.3) is 10.9 Å². The maximum absolute atomic E-state index is 13.0. The molecule has 0 aliphatic carbocycles. The minimum Gasteiger partial charge on any atom is -0.462 e. The van der Waals surface area contributed by atoms with Crippen LogP contribution in [-0.2, 0) is 21.3 Å². The zero-order chi connectivity index (χ0) is 25.2. The molecule has 1 fully saturated rings. The van der Waals surface area contributed by atoms with Crippen molar-refractivity contribution in [3.05, 3.63) is 70.0 Å². The van der Waals surface area contributed by atoms with Crippen molar-refractivity contribution in [2.24, 2.45) is 0 Å². The Hall–Kier alpha value is -3.50. The number of hydrogen-bond acceptors (Lipinski definition) is 6. The average molecular weight is 498 g/mol. The van der Waals surface area contributed by atoms with Crippen molar-refractivity contribution in [2.75, 3.05) is 25.0 Å². The first-order valence-corrected chi connectivity index (χ1v) is 13.0. The van der Waals surface area contributed by atoms with E-state index in [-0.39, 0.29) is 28.0 Å². The van der Waals surface area contributed by atoms with Crippen molar-refractivity contribution in [1.82, 2.24) is 8.87 Å². The summed E-state index contributed by atoms with van der Waals surface area (Å²) in [5.41, 5.74) is 0.726. The Labute approximate surface area is 203 Å². The second kappa shape index (κ2) is 10.0. The molecule has 0 spiro atoms. The molecule has 1 N–H and O–H groups in total. The van der Waals surface area contributed by atoms with Gasteiger partial charge >= 0.3 is 5.97 Å². The van der Waals surface area contributed by atoms with E-state index in [9.17, 15) is 22.8 Å². The average Bonchev–Trinajstić information content (AvgIpc) is 3.41. The molecule has 1 aliphatic heterocycles. The van der Waals surface area contributed by atoms with Gasteiger partial charge in [-0.25, -0.2) is 13.2 Å². The fourth-order valence-electron chi connectivity index (χ4n) is 4.15. The third-order valence-electron chi connectivity index (χ3n) is 5.99. The molecule has 1 aliphatic rings. The quantitative estimate of drug-likeness (QED) is 0.501. The second-order valence-electron chi connectivity index (χ2n) is 8.20. The minimum absolute atomic E-state index is 0.0699. The molecule has 0 saturated carbocycles. The number of sulfonamides is 1. The molecule has 0 radical (unpaired) electrons.